The molecule has 0 unspecified atom stereocenters. The quantitative estimate of drug-likeness (QED) is 0.902. The van der Waals surface area contributed by atoms with E-state index in [-0.39, 0.29) is 5.41 Å². The van der Waals surface area contributed by atoms with Gasteiger partial charge in [-0.3, -0.25) is 0 Å². The molecule has 2 heterocycles. The van der Waals surface area contributed by atoms with Crippen LogP contribution in [-0.4, -0.2) is 23.2 Å². The van der Waals surface area contributed by atoms with Gasteiger partial charge in [0.2, 0.25) is 11.7 Å². The van der Waals surface area contributed by atoms with Gasteiger partial charge in [-0.1, -0.05) is 28.9 Å². The van der Waals surface area contributed by atoms with Crippen LogP contribution in [0.25, 0.3) is 11.4 Å². The predicted molar refractivity (Wildman–Crippen MR) is 69.1 cm³/mol. The molecule has 0 amide bonds. The lowest BCUT2D eigenvalue weighted by Gasteiger charge is -2.34. The van der Waals surface area contributed by atoms with E-state index in [4.69, 9.17) is 4.52 Å². The largest absolute Gasteiger partial charge is 0.339 e. The highest BCUT2D eigenvalue weighted by Crippen LogP contribution is 2.27. The number of nitriles is 1. The summed E-state index contributed by atoms with van der Waals surface area (Å²) in [5.74, 6) is 1.11. The molecule has 5 heteroatoms. The predicted octanol–water partition coefficient (Wildman–Crippen LogP) is 1.70. The molecule has 1 N–H and O–H groups in total. The molecule has 0 spiro atoms. The van der Waals surface area contributed by atoms with Crippen LogP contribution in [0.4, 0.5) is 0 Å². The molecule has 1 aromatic carbocycles. The van der Waals surface area contributed by atoms with E-state index >= 15 is 0 Å². The van der Waals surface area contributed by atoms with Gasteiger partial charge in [0.25, 0.3) is 0 Å². The highest BCUT2D eigenvalue weighted by atomic mass is 16.5. The lowest BCUT2D eigenvalue weighted by atomic mass is 9.80. The standard InChI is InChI=1S/C14H14N4O/c1-10-3-2-4-11(5-10)13-17-12(19-18-13)6-14(7-15)8-16-9-14/h2-5,16H,6,8-9H2,1H3. The lowest BCUT2D eigenvalue weighted by Crippen LogP contribution is -2.53. The van der Waals surface area contributed by atoms with E-state index in [1.54, 1.807) is 0 Å². The molecule has 2 aromatic rings. The summed E-state index contributed by atoms with van der Waals surface area (Å²) in [4.78, 5) is 4.38. The number of nitrogens with zero attached hydrogens (tertiary/aromatic N) is 3. The summed E-state index contributed by atoms with van der Waals surface area (Å²) < 4.78 is 5.25. The molecule has 3 rings (SSSR count). The van der Waals surface area contributed by atoms with E-state index in [0.29, 0.717) is 31.2 Å². The van der Waals surface area contributed by atoms with Crippen molar-refractivity contribution in [3.05, 3.63) is 35.7 Å². The van der Waals surface area contributed by atoms with Crippen molar-refractivity contribution in [3.8, 4) is 17.5 Å². The SMILES string of the molecule is Cc1cccc(-c2noc(CC3(C#N)CNC3)n2)c1. The van der Waals surface area contributed by atoms with Crippen molar-refractivity contribution in [2.45, 2.75) is 13.3 Å². The molecule has 0 atom stereocenters. The zero-order valence-electron chi connectivity index (χ0n) is 10.7. The van der Waals surface area contributed by atoms with Crippen molar-refractivity contribution in [2.75, 3.05) is 13.1 Å². The normalized spacial score (nSPS) is 16.6. The third-order valence-corrected chi connectivity index (χ3v) is 3.40. The van der Waals surface area contributed by atoms with Crippen LogP contribution >= 0.6 is 0 Å². The van der Waals surface area contributed by atoms with Crippen molar-refractivity contribution in [1.29, 1.82) is 5.26 Å². The van der Waals surface area contributed by atoms with Gasteiger partial charge in [-0.2, -0.15) is 10.2 Å². The van der Waals surface area contributed by atoms with Crippen LogP contribution in [0.15, 0.2) is 28.8 Å². The molecular weight excluding hydrogens is 240 g/mol. The number of hydrogen-bond donors (Lipinski definition) is 1. The molecule has 0 bridgehead atoms. The third kappa shape index (κ3) is 2.23. The van der Waals surface area contributed by atoms with E-state index in [0.717, 1.165) is 11.1 Å². The van der Waals surface area contributed by atoms with Gasteiger partial charge < -0.3 is 9.84 Å². The Morgan fingerprint density at radius 1 is 1.47 bits per heavy atom. The average Bonchev–Trinajstić information content (AvgIpc) is 2.82. The Morgan fingerprint density at radius 3 is 2.95 bits per heavy atom. The van der Waals surface area contributed by atoms with Crippen molar-refractivity contribution in [3.63, 3.8) is 0 Å². The average molecular weight is 254 g/mol. The van der Waals surface area contributed by atoms with Gasteiger partial charge in [-0.05, 0) is 13.0 Å². The van der Waals surface area contributed by atoms with Crippen molar-refractivity contribution >= 4 is 0 Å². The van der Waals surface area contributed by atoms with E-state index in [1.807, 2.05) is 31.2 Å². The van der Waals surface area contributed by atoms with Crippen LogP contribution in [0.2, 0.25) is 0 Å². The minimum atomic E-state index is -0.379. The maximum atomic E-state index is 9.18. The van der Waals surface area contributed by atoms with Crippen molar-refractivity contribution < 1.29 is 4.52 Å². The summed E-state index contributed by atoms with van der Waals surface area (Å²) in [6.07, 6.45) is 0.509. The zero-order chi connectivity index (χ0) is 13.3. The molecule has 0 aliphatic carbocycles. The number of rotatable bonds is 3. The summed E-state index contributed by atoms with van der Waals surface area (Å²) in [5.41, 5.74) is 1.71. The fourth-order valence-corrected chi connectivity index (χ4v) is 2.19. The van der Waals surface area contributed by atoms with Gasteiger partial charge in [0.05, 0.1) is 11.5 Å². The number of nitrogens with one attached hydrogen (secondary N) is 1. The Bertz CT molecular complexity index is 637. The van der Waals surface area contributed by atoms with E-state index in [1.165, 1.54) is 0 Å². The maximum Gasteiger partial charge on any atom is 0.228 e. The fourth-order valence-electron chi connectivity index (χ4n) is 2.19. The summed E-state index contributed by atoms with van der Waals surface area (Å²) >= 11 is 0. The van der Waals surface area contributed by atoms with Gasteiger partial charge in [0, 0.05) is 25.1 Å². The number of hydrogen-bond acceptors (Lipinski definition) is 5. The van der Waals surface area contributed by atoms with Gasteiger partial charge in [0.1, 0.15) is 0 Å². The molecule has 1 fully saturated rings. The van der Waals surface area contributed by atoms with Crippen LogP contribution in [0.3, 0.4) is 0 Å². The molecule has 1 saturated heterocycles. The second kappa shape index (κ2) is 4.48. The molecule has 5 nitrogen and oxygen atoms in total. The third-order valence-electron chi connectivity index (χ3n) is 3.40. The second-order valence-corrected chi connectivity index (χ2v) is 5.05. The minimum Gasteiger partial charge on any atom is -0.339 e. The highest BCUT2D eigenvalue weighted by molar-refractivity contribution is 5.55. The second-order valence-electron chi connectivity index (χ2n) is 5.05. The van der Waals surface area contributed by atoms with Crippen LogP contribution in [-0.2, 0) is 6.42 Å². The first kappa shape index (κ1) is 11.9. The first-order chi connectivity index (χ1) is 9.21. The molecule has 1 aliphatic rings. The Kier molecular flexibility index (Phi) is 2.80. The van der Waals surface area contributed by atoms with Gasteiger partial charge in [-0.15, -0.1) is 0 Å². The summed E-state index contributed by atoms with van der Waals surface area (Å²) in [6.45, 7) is 3.40. The molecule has 1 aromatic heterocycles. The monoisotopic (exact) mass is 254 g/mol. The summed E-state index contributed by atoms with van der Waals surface area (Å²) in [6, 6.07) is 10.3. The van der Waals surface area contributed by atoms with Crippen molar-refractivity contribution in [2.24, 2.45) is 5.41 Å². The van der Waals surface area contributed by atoms with Crippen LogP contribution in [0.5, 0.6) is 0 Å². The van der Waals surface area contributed by atoms with Gasteiger partial charge in [-0.25, -0.2) is 0 Å². The Labute approximate surface area is 111 Å². The molecule has 1 aliphatic heterocycles. The zero-order valence-corrected chi connectivity index (χ0v) is 10.7. The minimum absolute atomic E-state index is 0.379. The first-order valence-corrected chi connectivity index (χ1v) is 6.22. The lowest BCUT2D eigenvalue weighted by molar-refractivity contribution is 0.221. The van der Waals surface area contributed by atoms with Gasteiger partial charge >= 0.3 is 0 Å². The Morgan fingerprint density at radius 2 is 2.32 bits per heavy atom. The summed E-state index contributed by atoms with van der Waals surface area (Å²) in [5, 5.41) is 16.3. The maximum absolute atomic E-state index is 9.18. The number of aryl methyl sites for hydroxylation is 1. The molecule has 19 heavy (non-hydrogen) atoms. The highest BCUT2D eigenvalue weighted by Gasteiger charge is 2.39. The number of aromatic nitrogens is 2. The molecular formula is C14H14N4O. The molecule has 0 saturated carbocycles. The van der Waals surface area contributed by atoms with Gasteiger partial charge in [0.15, 0.2) is 0 Å². The molecule has 96 valence electrons. The van der Waals surface area contributed by atoms with E-state index in [9.17, 15) is 5.26 Å². The topological polar surface area (TPSA) is 74.7 Å². The Balaban J connectivity index is 1.82. The number of benzene rings is 1. The summed E-state index contributed by atoms with van der Waals surface area (Å²) in [7, 11) is 0. The van der Waals surface area contributed by atoms with Crippen LogP contribution in [0.1, 0.15) is 11.5 Å². The van der Waals surface area contributed by atoms with Crippen LogP contribution < -0.4 is 5.32 Å². The van der Waals surface area contributed by atoms with Crippen molar-refractivity contribution in [1.82, 2.24) is 15.5 Å². The first-order valence-electron chi connectivity index (χ1n) is 6.22. The molecule has 0 radical (unpaired) electrons. The van der Waals surface area contributed by atoms with Crippen LogP contribution in [0, 0.1) is 23.7 Å². The smallest absolute Gasteiger partial charge is 0.228 e. The fraction of sp³-hybridized carbons (Fsp3) is 0.357. The van der Waals surface area contributed by atoms with E-state index < -0.39 is 0 Å². The van der Waals surface area contributed by atoms with E-state index in [2.05, 4.69) is 21.5 Å². The Hall–Kier alpha value is -2.19.